The largest absolute Gasteiger partial charge is 0.456 e. The zero-order valence-electron chi connectivity index (χ0n) is 15.3. The van der Waals surface area contributed by atoms with E-state index in [1.165, 1.54) is 6.92 Å². The van der Waals surface area contributed by atoms with E-state index >= 15 is 0 Å². The number of amides is 3. The van der Waals surface area contributed by atoms with Crippen molar-refractivity contribution in [2.45, 2.75) is 12.5 Å². The highest BCUT2D eigenvalue weighted by Crippen LogP contribution is 2.28. The van der Waals surface area contributed by atoms with Crippen LogP contribution in [0.2, 0.25) is 0 Å². The Hall–Kier alpha value is -3.62. The molecule has 1 heterocycles. The second kappa shape index (κ2) is 7.78. The minimum Gasteiger partial charge on any atom is -0.456 e. The van der Waals surface area contributed by atoms with Gasteiger partial charge in [-0.25, -0.2) is 13.6 Å². The van der Waals surface area contributed by atoms with Gasteiger partial charge in [0.25, 0.3) is 5.91 Å². The summed E-state index contributed by atoms with van der Waals surface area (Å²) in [7, 11) is 0. The highest BCUT2D eigenvalue weighted by Gasteiger charge is 2.49. The molecular formula is C20H16F2N2O5. The van der Waals surface area contributed by atoms with E-state index in [0.717, 1.165) is 12.1 Å². The van der Waals surface area contributed by atoms with Gasteiger partial charge in [0.2, 0.25) is 0 Å². The number of nitrogens with one attached hydrogen (secondary N) is 1. The Kier molecular flexibility index (Phi) is 5.40. The summed E-state index contributed by atoms with van der Waals surface area (Å²) in [5.74, 6) is -4.72. The van der Waals surface area contributed by atoms with Crippen LogP contribution < -0.4 is 5.32 Å². The Balaban J connectivity index is 1.62. The lowest BCUT2D eigenvalue weighted by molar-refractivity contribution is -0.146. The summed E-state index contributed by atoms with van der Waals surface area (Å²) in [5, 5.41) is 2.54. The number of nitrogens with zero attached hydrogens (tertiary/aromatic N) is 1. The molecule has 29 heavy (non-hydrogen) atoms. The molecule has 2 aromatic carbocycles. The molecule has 1 aliphatic rings. The first-order valence-electron chi connectivity index (χ1n) is 8.56. The molecule has 1 saturated heterocycles. The number of carbonyl (C=O) groups excluding carboxylic acids is 4. The summed E-state index contributed by atoms with van der Waals surface area (Å²) < 4.78 is 30.9. The van der Waals surface area contributed by atoms with Crippen molar-refractivity contribution in [1.82, 2.24) is 10.2 Å². The number of imide groups is 1. The number of ketones is 1. The van der Waals surface area contributed by atoms with Crippen molar-refractivity contribution >= 4 is 23.7 Å². The van der Waals surface area contributed by atoms with Crippen LogP contribution in [-0.2, 0) is 19.9 Å². The van der Waals surface area contributed by atoms with E-state index < -0.39 is 54.0 Å². The minimum absolute atomic E-state index is 0.177. The van der Waals surface area contributed by atoms with Gasteiger partial charge in [-0.1, -0.05) is 30.3 Å². The van der Waals surface area contributed by atoms with Crippen molar-refractivity contribution in [2.75, 3.05) is 13.2 Å². The van der Waals surface area contributed by atoms with Crippen LogP contribution in [-0.4, -0.2) is 41.7 Å². The number of Topliss-reactive ketones (excluding diaryl/α,β-unsaturated/α-hetero) is 1. The van der Waals surface area contributed by atoms with Crippen LogP contribution in [0.25, 0.3) is 0 Å². The third-order valence-electron chi connectivity index (χ3n) is 4.52. The van der Waals surface area contributed by atoms with Gasteiger partial charge in [0.05, 0.1) is 0 Å². The van der Waals surface area contributed by atoms with Gasteiger partial charge in [0.1, 0.15) is 12.1 Å². The first-order chi connectivity index (χ1) is 13.7. The number of rotatable bonds is 6. The van der Waals surface area contributed by atoms with Crippen LogP contribution in [0.1, 0.15) is 22.8 Å². The number of ether oxygens (including phenoxy) is 1. The van der Waals surface area contributed by atoms with Gasteiger partial charge >= 0.3 is 12.0 Å². The van der Waals surface area contributed by atoms with Crippen molar-refractivity contribution in [3.63, 3.8) is 0 Å². The third kappa shape index (κ3) is 3.98. The predicted molar refractivity (Wildman–Crippen MR) is 95.7 cm³/mol. The second-order valence-electron chi connectivity index (χ2n) is 6.53. The molecule has 3 rings (SSSR count). The Morgan fingerprint density at radius 3 is 2.41 bits per heavy atom. The van der Waals surface area contributed by atoms with Crippen LogP contribution in [0.4, 0.5) is 13.6 Å². The van der Waals surface area contributed by atoms with E-state index in [1.54, 1.807) is 30.3 Å². The van der Waals surface area contributed by atoms with E-state index in [0.29, 0.717) is 16.5 Å². The number of urea groups is 1. The highest BCUT2D eigenvalue weighted by atomic mass is 19.2. The van der Waals surface area contributed by atoms with Crippen molar-refractivity contribution in [2.24, 2.45) is 0 Å². The Bertz CT molecular complexity index is 996. The van der Waals surface area contributed by atoms with Crippen molar-refractivity contribution < 1.29 is 32.7 Å². The second-order valence-corrected chi connectivity index (χ2v) is 6.53. The van der Waals surface area contributed by atoms with E-state index in [9.17, 15) is 28.0 Å². The van der Waals surface area contributed by atoms with Crippen LogP contribution in [0.15, 0.2) is 48.5 Å². The lowest BCUT2D eigenvalue weighted by Crippen LogP contribution is -2.41. The van der Waals surface area contributed by atoms with Gasteiger partial charge in [0, 0.05) is 5.56 Å². The smallest absolute Gasteiger partial charge is 0.326 e. The molecule has 9 heteroatoms. The molecule has 0 radical (unpaired) electrons. The van der Waals surface area contributed by atoms with Crippen LogP contribution in [0.3, 0.4) is 0 Å². The summed E-state index contributed by atoms with van der Waals surface area (Å²) in [6.07, 6.45) is 0. The van der Waals surface area contributed by atoms with Gasteiger partial charge in [-0.2, -0.15) is 0 Å². The number of benzene rings is 2. The van der Waals surface area contributed by atoms with E-state index in [-0.39, 0.29) is 5.56 Å². The average Bonchev–Trinajstić information content (AvgIpc) is 2.93. The standard InChI is InChI=1S/C20H16F2N2O5/c1-20(13-5-3-2-4-6-13)18(27)24(19(28)23-20)10-17(26)29-11-16(25)12-7-8-14(21)15(22)9-12/h2-9H,10-11H2,1H3,(H,23,28)/t20-/m0/s1. The number of carbonyl (C=O) groups is 4. The number of esters is 1. The summed E-state index contributed by atoms with van der Waals surface area (Å²) in [6, 6.07) is 10.3. The lowest BCUT2D eigenvalue weighted by atomic mass is 9.92. The Morgan fingerprint density at radius 2 is 1.76 bits per heavy atom. The van der Waals surface area contributed by atoms with Crippen LogP contribution in [0.5, 0.6) is 0 Å². The SMILES string of the molecule is C[C@@]1(c2ccccc2)NC(=O)N(CC(=O)OCC(=O)c2ccc(F)c(F)c2)C1=O. The van der Waals surface area contributed by atoms with Crippen molar-refractivity contribution in [3.05, 3.63) is 71.3 Å². The summed E-state index contributed by atoms with van der Waals surface area (Å²) in [5.41, 5.74) is -0.967. The monoisotopic (exact) mass is 402 g/mol. The molecule has 0 spiro atoms. The molecule has 7 nitrogen and oxygen atoms in total. The maximum absolute atomic E-state index is 13.2. The maximum atomic E-state index is 13.2. The zero-order valence-corrected chi connectivity index (χ0v) is 15.3. The molecule has 3 amide bonds. The third-order valence-corrected chi connectivity index (χ3v) is 4.52. The Labute approximate surface area is 164 Å². The molecule has 1 fully saturated rings. The molecule has 0 unspecified atom stereocenters. The molecule has 0 aliphatic carbocycles. The van der Waals surface area contributed by atoms with Gasteiger partial charge in [-0.05, 0) is 30.7 Å². The number of halogens is 2. The van der Waals surface area contributed by atoms with Gasteiger partial charge < -0.3 is 10.1 Å². The first-order valence-corrected chi connectivity index (χ1v) is 8.56. The fraction of sp³-hybridized carbons (Fsp3) is 0.200. The van der Waals surface area contributed by atoms with Crippen LogP contribution >= 0.6 is 0 Å². The average molecular weight is 402 g/mol. The molecule has 0 aromatic heterocycles. The van der Waals surface area contributed by atoms with E-state index in [1.807, 2.05) is 0 Å². The van der Waals surface area contributed by atoms with E-state index in [4.69, 9.17) is 4.74 Å². The molecule has 0 saturated carbocycles. The molecule has 2 aromatic rings. The summed E-state index contributed by atoms with van der Waals surface area (Å²) in [4.78, 5) is 49.5. The summed E-state index contributed by atoms with van der Waals surface area (Å²) in [6.45, 7) is 0.0716. The van der Waals surface area contributed by atoms with Crippen LogP contribution in [0, 0.1) is 11.6 Å². The fourth-order valence-electron chi connectivity index (χ4n) is 2.88. The first kappa shape index (κ1) is 20.1. The maximum Gasteiger partial charge on any atom is 0.326 e. The quantitative estimate of drug-likeness (QED) is 0.454. The highest BCUT2D eigenvalue weighted by molar-refractivity contribution is 6.09. The molecule has 0 bridgehead atoms. The Morgan fingerprint density at radius 1 is 1.07 bits per heavy atom. The topological polar surface area (TPSA) is 92.8 Å². The van der Waals surface area contributed by atoms with Gasteiger partial charge in [0.15, 0.2) is 24.0 Å². The molecule has 150 valence electrons. The molecule has 1 aliphatic heterocycles. The molecular weight excluding hydrogens is 386 g/mol. The predicted octanol–water partition coefficient (Wildman–Crippen LogP) is 2.16. The number of hydrogen-bond acceptors (Lipinski definition) is 5. The fourth-order valence-corrected chi connectivity index (χ4v) is 2.88. The van der Waals surface area contributed by atoms with Gasteiger partial charge in [-0.15, -0.1) is 0 Å². The van der Waals surface area contributed by atoms with E-state index in [2.05, 4.69) is 5.32 Å². The molecule has 1 atom stereocenters. The van der Waals surface area contributed by atoms with Gasteiger partial charge in [-0.3, -0.25) is 19.3 Å². The minimum atomic E-state index is -1.33. The molecule has 1 N–H and O–H groups in total. The lowest BCUT2D eigenvalue weighted by Gasteiger charge is -2.21. The van der Waals surface area contributed by atoms with Crippen molar-refractivity contribution in [3.8, 4) is 0 Å². The summed E-state index contributed by atoms with van der Waals surface area (Å²) >= 11 is 0. The number of hydrogen-bond donors (Lipinski definition) is 1. The normalized spacial score (nSPS) is 18.5. The van der Waals surface area contributed by atoms with Crippen molar-refractivity contribution in [1.29, 1.82) is 0 Å². The zero-order chi connectivity index (χ0) is 21.2.